The van der Waals surface area contributed by atoms with Gasteiger partial charge < -0.3 is 14.4 Å². The Morgan fingerprint density at radius 3 is 2.35 bits per heavy atom. The third kappa shape index (κ3) is 5.25. The first-order valence-electron chi connectivity index (χ1n) is 9.56. The second-order valence-corrected chi connectivity index (χ2v) is 8.46. The summed E-state index contributed by atoms with van der Waals surface area (Å²) in [6.45, 7) is 2.32. The molecule has 0 spiro atoms. The van der Waals surface area contributed by atoms with E-state index in [0.29, 0.717) is 53.4 Å². The molecule has 0 aliphatic carbocycles. The Kier molecular flexibility index (Phi) is 6.55. The molecule has 2 heterocycles. The third-order valence-corrected chi connectivity index (χ3v) is 6.16. The summed E-state index contributed by atoms with van der Waals surface area (Å²) >= 11 is 4.40. The van der Waals surface area contributed by atoms with Crippen molar-refractivity contribution in [3.8, 4) is 0 Å². The van der Waals surface area contributed by atoms with Crippen LogP contribution in [0.15, 0.2) is 65.7 Å². The number of nitrogens with one attached hydrogen (secondary N) is 1. The lowest BCUT2D eigenvalue weighted by Crippen LogP contribution is -2.49. The molecule has 1 aliphatic rings. The minimum atomic E-state index is -1.53. The van der Waals surface area contributed by atoms with Crippen LogP contribution in [0.2, 0.25) is 5.15 Å². The Labute approximate surface area is 187 Å². The average Bonchev–Trinajstić information content (AvgIpc) is 2.80. The number of piperazine rings is 1. The van der Waals surface area contributed by atoms with Crippen LogP contribution in [0.3, 0.4) is 0 Å². The highest BCUT2D eigenvalue weighted by Crippen LogP contribution is 2.19. The van der Waals surface area contributed by atoms with E-state index in [2.05, 4.69) is 14.7 Å². The third-order valence-electron chi connectivity index (χ3n) is 4.83. The molecule has 1 atom stereocenters. The van der Waals surface area contributed by atoms with Crippen molar-refractivity contribution in [3.05, 3.63) is 77.3 Å². The average molecular weight is 460 g/mol. The normalized spacial score (nSPS) is 14.9. The molecule has 4 rings (SSSR count). The maximum absolute atomic E-state index is 13.0. The van der Waals surface area contributed by atoms with E-state index >= 15 is 0 Å². The molecule has 10 heteroatoms. The maximum atomic E-state index is 13.0. The van der Waals surface area contributed by atoms with Gasteiger partial charge in [-0.2, -0.15) is 0 Å². The number of hydrogen-bond donors (Lipinski definition) is 1. The molecule has 0 bridgehead atoms. The number of halogens is 2. The van der Waals surface area contributed by atoms with Crippen LogP contribution in [0.25, 0.3) is 0 Å². The number of aromatic nitrogens is 2. The Morgan fingerprint density at radius 1 is 1.03 bits per heavy atom. The van der Waals surface area contributed by atoms with Crippen LogP contribution in [0.4, 0.5) is 16.0 Å². The van der Waals surface area contributed by atoms with Crippen LogP contribution >= 0.6 is 11.6 Å². The highest BCUT2D eigenvalue weighted by atomic mass is 35.5. The fraction of sp³-hybridized carbons (Fsp3) is 0.190. The summed E-state index contributed by atoms with van der Waals surface area (Å²) in [5.74, 6) is 0.103. The zero-order valence-electron chi connectivity index (χ0n) is 16.4. The van der Waals surface area contributed by atoms with E-state index in [0.717, 1.165) is 0 Å². The topological polar surface area (TPSA) is 84.4 Å². The first kappa shape index (κ1) is 21.4. The predicted octanol–water partition coefficient (Wildman–Crippen LogP) is 3.37. The first-order chi connectivity index (χ1) is 15.0. The number of anilines is 2. The smallest absolute Gasteiger partial charge is 0.253 e. The molecule has 1 saturated heterocycles. The number of rotatable bonds is 5. The maximum Gasteiger partial charge on any atom is 0.253 e. The summed E-state index contributed by atoms with van der Waals surface area (Å²) in [5.41, 5.74) is 1.15. The molecule has 31 heavy (non-hydrogen) atoms. The van der Waals surface area contributed by atoms with E-state index in [1.165, 1.54) is 24.3 Å². The van der Waals surface area contributed by atoms with Crippen molar-refractivity contribution in [2.24, 2.45) is 0 Å². The van der Waals surface area contributed by atoms with Crippen molar-refractivity contribution in [3.63, 3.8) is 0 Å². The molecule has 1 amide bonds. The van der Waals surface area contributed by atoms with Crippen molar-refractivity contribution < 1.29 is 13.7 Å². The van der Waals surface area contributed by atoms with Gasteiger partial charge in [0.1, 0.15) is 22.3 Å². The van der Waals surface area contributed by atoms with E-state index in [4.69, 9.17) is 11.6 Å². The van der Waals surface area contributed by atoms with Crippen LogP contribution in [0, 0.1) is 5.82 Å². The van der Waals surface area contributed by atoms with Gasteiger partial charge in [-0.05, 0) is 54.6 Å². The molecule has 1 aromatic heterocycles. The Bertz CT molecular complexity index is 1050. The van der Waals surface area contributed by atoms with Gasteiger partial charge in [-0.25, -0.2) is 19.1 Å². The van der Waals surface area contributed by atoms with Gasteiger partial charge in [0.05, 0.1) is 5.69 Å². The Balaban J connectivity index is 1.34. The van der Waals surface area contributed by atoms with Gasteiger partial charge in [0.2, 0.25) is 5.95 Å². The second kappa shape index (κ2) is 9.51. The van der Waals surface area contributed by atoms with Gasteiger partial charge in [-0.15, -0.1) is 0 Å². The summed E-state index contributed by atoms with van der Waals surface area (Å²) in [4.78, 5) is 25.5. The largest absolute Gasteiger partial charge is 0.588 e. The molecule has 1 fully saturated rings. The fourth-order valence-electron chi connectivity index (χ4n) is 3.18. The van der Waals surface area contributed by atoms with E-state index in [1.54, 1.807) is 41.4 Å². The molecule has 0 saturated carbocycles. The summed E-state index contributed by atoms with van der Waals surface area (Å²) in [6, 6.07) is 13.9. The van der Waals surface area contributed by atoms with E-state index in [-0.39, 0.29) is 11.7 Å². The number of carbonyl (C=O) groups excluding carboxylic acids is 1. The van der Waals surface area contributed by atoms with Gasteiger partial charge in [0, 0.05) is 37.9 Å². The lowest BCUT2D eigenvalue weighted by molar-refractivity contribution is 0.0746. The minimum absolute atomic E-state index is 0.0714. The molecular weight excluding hydrogens is 441 g/mol. The van der Waals surface area contributed by atoms with Gasteiger partial charge in [0.15, 0.2) is 4.90 Å². The molecule has 1 N–H and O–H groups in total. The van der Waals surface area contributed by atoms with Crippen LogP contribution in [-0.2, 0) is 11.4 Å². The van der Waals surface area contributed by atoms with Crippen LogP contribution in [0.1, 0.15) is 10.4 Å². The standard InChI is InChI=1S/C21H19ClFN5O2S/c22-19-9-10-24-21(25-19)28-13-11-27(12-14-28)20(29)15-1-5-17(6-2-15)26-31(30)18-7-3-16(23)4-8-18/h1-10,26H,11-14H2. The van der Waals surface area contributed by atoms with Gasteiger partial charge in [-0.3, -0.25) is 4.79 Å². The van der Waals surface area contributed by atoms with Crippen molar-refractivity contribution in [1.29, 1.82) is 0 Å². The minimum Gasteiger partial charge on any atom is -0.588 e. The van der Waals surface area contributed by atoms with E-state index in [9.17, 15) is 13.7 Å². The highest BCUT2D eigenvalue weighted by Gasteiger charge is 2.23. The molecule has 1 unspecified atom stereocenters. The summed E-state index contributed by atoms with van der Waals surface area (Å²) < 4.78 is 28.2. The fourth-order valence-corrected chi connectivity index (χ4v) is 4.16. The quantitative estimate of drug-likeness (QED) is 0.465. The lowest BCUT2D eigenvalue weighted by Gasteiger charge is -2.34. The molecule has 160 valence electrons. The van der Waals surface area contributed by atoms with Crippen molar-refractivity contribution in [2.45, 2.75) is 4.90 Å². The van der Waals surface area contributed by atoms with Gasteiger partial charge in [0.25, 0.3) is 5.91 Å². The van der Waals surface area contributed by atoms with Crippen molar-refractivity contribution >= 4 is 40.5 Å². The molecule has 7 nitrogen and oxygen atoms in total. The number of amides is 1. The molecule has 2 aromatic carbocycles. The zero-order chi connectivity index (χ0) is 21.8. The predicted molar refractivity (Wildman–Crippen MR) is 118 cm³/mol. The van der Waals surface area contributed by atoms with Crippen LogP contribution in [-0.4, -0.2) is 51.5 Å². The second-order valence-electron chi connectivity index (χ2n) is 6.86. The zero-order valence-corrected chi connectivity index (χ0v) is 17.9. The monoisotopic (exact) mass is 459 g/mol. The Hall–Kier alpha value is -2.88. The summed E-state index contributed by atoms with van der Waals surface area (Å²) in [5, 5.41) is 0.387. The van der Waals surface area contributed by atoms with Crippen LogP contribution in [0.5, 0.6) is 0 Å². The van der Waals surface area contributed by atoms with Crippen LogP contribution < -0.4 is 9.62 Å². The van der Waals surface area contributed by atoms with E-state index < -0.39 is 11.4 Å². The van der Waals surface area contributed by atoms with Gasteiger partial charge in [-0.1, -0.05) is 11.6 Å². The molecular formula is C21H19ClFN5O2S. The number of benzene rings is 2. The number of hydrogen-bond acceptors (Lipinski definition) is 6. The van der Waals surface area contributed by atoms with Gasteiger partial charge >= 0.3 is 0 Å². The number of nitrogens with zero attached hydrogens (tertiary/aromatic N) is 4. The highest BCUT2D eigenvalue weighted by molar-refractivity contribution is 7.92. The number of carbonyl (C=O) groups is 1. The summed E-state index contributed by atoms with van der Waals surface area (Å²) in [6.07, 6.45) is 1.61. The SMILES string of the molecule is O=C(c1ccc(N[S+]([O-])c2ccc(F)cc2)cc1)N1CCN(c2nccc(Cl)n2)CC1. The first-order valence-corrected chi connectivity index (χ1v) is 11.1. The molecule has 3 aromatic rings. The van der Waals surface area contributed by atoms with E-state index in [1.807, 2.05) is 4.90 Å². The van der Waals surface area contributed by atoms with Crippen molar-refractivity contribution in [2.75, 3.05) is 35.8 Å². The van der Waals surface area contributed by atoms with Crippen molar-refractivity contribution in [1.82, 2.24) is 14.9 Å². The molecule has 0 radical (unpaired) electrons. The molecule has 1 aliphatic heterocycles. The Morgan fingerprint density at radius 2 is 1.71 bits per heavy atom. The summed E-state index contributed by atoms with van der Waals surface area (Å²) in [7, 11) is 0. The lowest BCUT2D eigenvalue weighted by atomic mass is 10.1.